The van der Waals surface area contributed by atoms with Gasteiger partial charge in [0.1, 0.15) is 0 Å². The number of hydrogen-bond acceptors (Lipinski definition) is 4. The second-order valence-corrected chi connectivity index (χ2v) is 6.55. The van der Waals surface area contributed by atoms with Crippen LogP contribution in [0.25, 0.3) is 10.8 Å². The number of amides is 1. The monoisotopic (exact) mass is 426 g/mol. The van der Waals surface area contributed by atoms with E-state index in [0.29, 0.717) is 23.7 Å². The number of carbonyl (C=O) groups excluding carboxylic acids is 1. The highest BCUT2D eigenvalue weighted by atomic mass is 79.9. The van der Waals surface area contributed by atoms with Gasteiger partial charge in [0, 0.05) is 5.56 Å². The van der Waals surface area contributed by atoms with Gasteiger partial charge in [0.2, 0.25) is 0 Å². The van der Waals surface area contributed by atoms with Crippen molar-refractivity contribution in [3.8, 4) is 11.5 Å². The normalized spacial score (nSPS) is 10.9. The van der Waals surface area contributed by atoms with Crippen LogP contribution in [0.15, 0.2) is 64.2 Å². The molecule has 0 aliphatic carbocycles. The zero-order chi connectivity index (χ0) is 19.2. The van der Waals surface area contributed by atoms with Crippen LogP contribution in [0.5, 0.6) is 11.5 Å². The number of halogens is 1. The Bertz CT molecular complexity index is 997. The first-order valence-electron chi connectivity index (χ1n) is 8.45. The Morgan fingerprint density at radius 3 is 2.74 bits per heavy atom. The van der Waals surface area contributed by atoms with Crippen LogP contribution in [-0.2, 0) is 0 Å². The van der Waals surface area contributed by atoms with E-state index in [4.69, 9.17) is 9.47 Å². The van der Waals surface area contributed by atoms with Gasteiger partial charge in [-0.15, -0.1) is 0 Å². The van der Waals surface area contributed by atoms with E-state index in [2.05, 4.69) is 26.5 Å². The number of rotatable bonds is 6. The average molecular weight is 427 g/mol. The quantitative estimate of drug-likeness (QED) is 0.455. The summed E-state index contributed by atoms with van der Waals surface area (Å²) in [5.74, 6) is 0.963. The number of methoxy groups -OCH3 is 1. The van der Waals surface area contributed by atoms with Gasteiger partial charge in [-0.3, -0.25) is 4.79 Å². The fourth-order valence-electron chi connectivity index (χ4n) is 2.75. The topological polar surface area (TPSA) is 59.9 Å². The Balaban J connectivity index is 1.79. The fraction of sp³-hybridized carbons (Fsp3) is 0.143. The molecule has 27 heavy (non-hydrogen) atoms. The van der Waals surface area contributed by atoms with Gasteiger partial charge in [0.15, 0.2) is 11.5 Å². The molecule has 5 nitrogen and oxygen atoms in total. The summed E-state index contributed by atoms with van der Waals surface area (Å²) < 4.78 is 11.7. The molecule has 0 unspecified atom stereocenters. The predicted octanol–water partition coefficient (Wildman–Crippen LogP) is 4.77. The largest absolute Gasteiger partial charge is 0.493 e. The molecule has 0 heterocycles. The second kappa shape index (κ2) is 8.68. The maximum Gasteiger partial charge on any atom is 0.271 e. The van der Waals surface area contributed by atoms with Gasteiger partial charge in [-0.1, -0.05) is 36.4 Å². The Hall–Kier alpha value is -2.86. The Kier molecular flexibility index (Phi) is 6.08. The number of nitrogens with one attached hydrogen (secondary N) is 1. The van der Waals surface area contributed by atoms with E-state index in [1.807, 2.05) is 49.4 Å². The lowest BCUT2D eigenvalue weighted by Crippen LogP contribution is -2.17. The summed E-state index contributed by atoms with van der Waals surface area (Å²) in [5.41, 5.74) is 3.92. The molecule has 0 saturated heterocycles. The first-order valence-corrected chi connectivity index (χ1v) is 9.24. The molecule has 0 aliphatic rings. The average Bonchev–Trinajstić information content (AvgIpc) is 2.69. The number of hydrazone groups is 1. The molecule has 0 saturated carbocycles. The molecule has 0 bridgehead atoms. The Morgan fingerprint density at radius 1 is 1.19 bits per heavy atom. The van der Waals surface area contributed by atoms with Crippen molar-refractivity contribution in [3.05, 3.63) is 70.2 Å². The molecule has 3 aromatic rings. The van der Waals surface area contributed by atoms with Gasteiger partial charge < -0.3 is 9.47 Å². The third-order valence-corrected chi connectivity index (χ3v) is 4.54. The zero-order valence-electron chi connectivity index (χ0n) is 15.0. The van der Waals surface area contributed by atoms with Crippen LogP contribution in [0.2, 0.25) is 0 Å². The highest BCUT2D eigenvalue weighted by Crippen LogP contribution is 2.36. The summed E-state index contributed by atoms with van der Waals surface area (Å²) >= 11 is 3.47. The maximum atomic E-state index is 12.5. The molecule has 0 atom stereocenters. The van der Waals surface area contributed by atoms with Gasteiger partial charge in [0.25, 0.3) is 5.91 Å². The summed E-state index contributed by atoms with van der Waals surface area (Å²) in [6.45, 7) is 2.44. The first-order chi connectivity index (χ1) is 13.1. The lowest BCUT2D eigenvalue weighted by atomic mass is 10.0. The van der Waals surface area contributed by atoms with Crippen LogP contribution < -0.4 is 14.9 Å². The summed E-state index contributed by atoms with van der Waals surface area (Å²) in [4.78, 5) is 12.5. The zero-order valence-corrected chi connectivity index (χ0v) is 16.6. The SMILES string of the molecule is CCOc1c(Br)cc(C=NNC(=O)c2cccc3ccccc23)cc1OC. The van der Waals surface area contributed by atoms with Crippen LogP contribution in [-0.4, -0.2) is 25.8 Å². The molecule has 0 aromatic heterocycles. The van der Waals surface area contributed by atoms with Crippen LogP contribution in [0.3, 0.4) is 0 Å². The highest BCUT2D eigenvalue weighted by Gasteiger charge is 2.11. The lowest BCUT2D eigenvalue weighted by molar-refractivity contribution is 0.0957. The third-order valence-electron chi connectivity index (χ3n) is 3.95. The van der Waals surface area contributed by atoms with Crippen molar-refractivity contribution in [1.29, 1.82) is 0 Å². The molecule has 138 valence electrons. The molecule has 0 aliphatic heterocycles. The van der Waals surface area contributed by atoms with Crippen molar-refractivity contribution in [2.45, 2.75) is 6.92 Å². The minimum Gasteiger partial charge on any atom is -0.493 e. The molecule has 6 heteroatoms. The number of fused-ring (bicyclic) bond motifs is 1. The summed E-state index contributed by atoms with van der Waals surface area (Å²) in [7, 11) is 1.58. The summed E-state index contributed by atoms with van der Waals surface area (Å²) in [6, 6.07) is 17.0. The molecule has 1 amide bonds. The molecular weight excluding hydrogens is 408 g/mol. The number of carbonyl (C=O) groups is 1. The smallest absolute Gasteiger partial charge is 0.271 e. The van der Waals surface area contributed by atoms with Crippen molar-refractivity contribution < 1.29 is 14.3 Å². The molecule has 3 rings (SSSR count). The summed E-state index contributed by atoms with van der Waals surface area (Å²) in [6.07, 6.45) is 1.56. The van der Waals surface area contributed by atoms with Gasteiger partial charge in [-0.25, -0.2) is 5.43 Å². The number of ether oxygens (including phenoxy) is 2. The second-order valence-electron chi connectivity index (χ2n) is 5.69. The van der Waals surface area contributed by atoms with E-state index in [-0.39, 0.29) is 5.91 Å². The van der Waals surface area contributed by atoms with Crippen molar-refractivity contribution >= 4 is 38.8 Å². The molecule has 1 N–H and O–H groups in total. The van der Waals surface area contributed by atoms with Crippen molar-refractivity contribution in [2.75, 3.05) is 13.7 Å². The minimum atomic E-state index is -0.264. The van der Waals surface area contributed by atoms with E-state index in [1.54, 1.807) is 25.5 Å². The Morgan fingerprint density at radius 2 is 1.96 bits per heavy atom. The van der Waals surface area contributed by atoms with Crippen LogP contribution >= 0.6 is 15.9 Å². The first kappa shape index (κ1) is 18.9. The number of benzene rings is 3. The van der Waals surface area contributed by atoms with E-state index in [9.17, 15) is 4.79 Å². The third kappa shape index (κ3) is 4.28. The van der Waals surface area contributed by atoms with Gasteiger partial charge in [0.05, 0.1) is 24.4 Å². The van der Waals surface area contributed by atoms with E-state index < -0.39 is 0 Å². The number of nitrogens with zero attached hydrogens (tertiary/aromatic N) is 1. The predicted molar refractivity (Wildman–Crippen MR) is 111 cm³/mol. The maximum absolute atomic E-state index is 12.5. The van der Waals surface area contributed by atoms with Crippen LogP contribution in [0, 0.1) is 0 Å². The molecule has 0 spiro atoms. The molecule has 3 aromatic carbocycles. The van der Waals surface area contributed by atoms with E-state index in [1.165, 1.54) is 0 Å². The molecule has 0 radical (unpaired) electrons. The fourth-order valence-corrected chi connectivity index (χ4v) is 3.32. The van der Waals surface area contributed by atoms with Gasteiger partial charge in [-0.2, -0.15) is 5.10 Å². The highest BCUT2D eigenvalue weighted by molar-refractivity contribution is 9.10. The standard InChI is InChI=1S/C21H19BrN2O3/c1-3-27-20-18(22)11-14(12-19(20)26-2)13-23-24-21(25)17-10-6-8-15-7-4-5-9-16(15)17/h4-13H,3H2,1-2H3,(H,24,25). The Labute approximate surface area is 166 Å². The molecular formula is C21H19BrN2O3. The van der Waals surface area contributed by atoms with Crippen LogP contribution in [0.4, 0.5) is 0 Å². The number of hydrogen-bond donors (Lipinski definition) is 1. The van der Waals surface area contributed by atoms with Crippen molar-refractivity contribution in [1.82, 2.24) is 5.43 Å². The van der Waals surface area contributed by atoms with E-state index >= 15 is 0 Å². The summed E-state index contributed by atoms with van der Waals surface area (Å²) in [5, 5.41) is 5.97. The van der Waals surface area contributed by atoms with Crippen molar-refractivity contribution in [2.24, 2.45) is 5.10 Å². The van der Waals surface area contributed by atoms with E-state index in [0.717, 1.165) is 20.8 Å². The minimum absolute atomic E-state index is 0.264. The molecule has 0 fully saturated rings. The van der Waals surface area contributed by atoms with Crippen LogP contribution in [0.1, 0.15) is 22.8 Å². The van der Waals surface area contributed by atoms with Crippen molar-refractivity contribution in [3.63, 3.8) is 0 Å². The van der Waals surface area contributed by atoms with Gasteiger partial charge >= 0.3 is 0 Å². The lowest BCUT2D eigenvalue weighted by Gasteiger charge is -2.12. The van der Waals surface area contributed by atoms with Gasteiger partial charge in [-0.05, 0) is 57.4 Å².